The fourth-order valence-electron chi connectivity index (χ4n) is 4.02. The molecule has 1 spiro atoms. The molecule has 1 aliphatic carbocycles. The Morgan fingerprint density at radius 3 is 2.89 bits per heavy atom. The summed E-state index contributed by atoms with van der Waals surface area (Å²) >= 11 is 0. The third-order valence-corrected chi connectivity index (χ3v) is 5.20. The van der Waals surface area contributed by atoms with Gasteiger partial charge in [-0.3, -0.25) is 9.59 Å². The lowest BCUT2D eigenvalue weighted by Gasteiger charge is -2.46. The van der Waals surface area contributed by atoms with E-state index in [1.165, 1.54) is 0 Å². The van der Waals surface area contributed by atoms with E-state index in [0.29, 0.717) is 30.5 Å². The van der Waals surface area contributed by atoms with Gasteiger partial charge in [-0.1, -0.05) is 31.1 Å². The van der Waals surface area contributed by atoms with E-state index in [0.717, 1.165) is 0 Å². The molecular weight excluding hydrogens is 346 g/mol. The van der Waals surface area contributed by atoms with E-state index in [1.807, 2.05) is 18.2 Å². The van der Waals surface area contributed by atoms with Crippen LogP contribution in [0.4, 0.5) is 0 Å². The second kappa shape index (κ2) is 6.03. The second-order valence-corrected chi connectivity index (χ2v) is 7.73. The lowest BCUT2D eigenvalue weighted by atomic mass is 9.69. The third kappa shape index (κ3) is 2.82. The first kappa shape index (κ1) is 17.4. The summed E-state index contributed by atoms with van der Waals surface area (Å²) in [5, 5.41) is 14.0. The molecule has 2 heterocycles. The second-order valence-electron chi connectivity index (χ2n) is 7.73. The summed E-state index contributed by atoms with van der Waals surface area (Å²) < 4.78 is 11.2. The number of fused-ring (bicyclic) bond motifs is 1. The van der Waals surface area contributed by atoms with Crippen molar-refractivity contribution in [3.8, 4) is 6.07 Å². The molecule has 1 atom stereocenters. The van der Waals surface area contributed by atoms with Crippen LogP contribution in [0.15, 0.2) is 40.4 Å². The maximum absolute atomic E-state index is 13.1. The molecule has 0 saturated carbocycles. The van der Waals surface area contributed by atoms with Crippen molar-refractivity contribution in [3.05, 3.63) is 41.6 Å². The van der Waals surface area contributed by atoms with E-state index in [-0.39, 0.29) is 29.5 Å². The number of ether oxygens (including phenoxy) is 1. The Morgan fingerprint density at radius 1 is 1.33 bits per heavy atom. The molecule has 1 saturated heterocycles. The molecule has 1 amide bonds. The van der Waals surface area contributed by atoms with Crippen LogP contribution in [0, 0.1) is 16.7 Å². The Hall–Kier alpha value is -2.98. The Labute approximate surface area is 156 Å². The molecule has 7 nitrogen and oxygen atoms in total. The number of carbonyl (C=O) groups excluding carboxylic acids is 2. The number of allylic oxidation sites excluding steroid dienone is 1. The van der Waals surface area contributed by atoms with Crippen molar-refractivity contribution in [3.63, 3.8) is 0 Å². The molecule has 2 aliphatic rings. The summed E-state index contributed by atoms with van der Waals surface area (Å²) in [5.41, 5.74) is -0.673. The fraction of sp³-hybridized carbons (Fsp3) is 0.400. The highest BCUT2D eigenvalue weighted by atomic mass is 16.5. The summed E-state index contributed by atoms with van der Waals surface area (Å²) in [6.45, 7) is 4.59. The molecule has 0 N–H and O–H groups in total. The smallest absolute Gasteiger partial charge is 0.276 e. The van der Waals surface area contributed by atoms with E-state index < -0.39 is 11.0 Å². The van der Waals surface area contributed by atoms with Crippen molar-refractivity contribution < 1.29 is 18.8 Å². The molecule has 27 heavy (non-hydrogen) atoms. The van der Waals surface area contributed by atoms with E-state index in [9.17, 15) is 14.9 Å². The van der Waals surface area contributed by atoms with E-state index in [2.05, 4.69) is 5.16 Å². The molecule has 7 heteroatoms. The highest BCUT2D eigenvalue weighted by Crippen LogP contribution is 2.41. The van der Waals surface area contributed by atoms with Crippen molar-refractivity contribution in [2.45, 2.75) is 25.9 Å². The Morgan fingerprint density at radius 2 is 2.11 bits per heavy atom. The number of hydrogen-bond acceptors (Lipinski definition) is 6. The number of benzene rings is 1. The Bertz CT molecular complexity index is 1010. The molecule has 2 aromatic rings. The normalized spacial score (nSPS) is 24.7. The van der Waals surface area contributed by atoms with Crippen LogP contribution in [0.1, 0.15) is 30.8 Å². The van der Waals surface area contributed by atoms with Crippen LogP contribution in [0.2, 0.25) is 0 Å². The predicted octanol–water partition coefficient (Wildman–Crippen LogP) is 2.49. The maximum atomic E-state index is 13.1. The predicted molar refractivity (Wildman–Crippen MR) is 95.7 cm³/mol. The van der Waals surface area contributed by atoms with Gasteiger partial charge in [-0.15, -0.1) is 0 Å². The maximum Gasteiger partial charge on any atom is 0.276 e. The molecule has 1 aromatic heterocycles. The minimum absolute atomic E-state index is 0.0902. The third-order valence-electron chi connectivity index (χ3n) is 5.20. The minimum Gasteiger partial charge on any atom is -0.367 e. The number of para-hydroxylation sites is 1. The van der Waals surface area contributed by atoms with E-state index in [1.54, 1.807) is 37.0 Å². The molecule has 0 radical (unpaired) electrons. The molecule has 1 aromatic carbocycles. The lowest BCUT2D eigenvalue weighted by molar-refractivity contribution is -0.134. The van der Waals surface area contributed by atoms with Gasteiger partial charge in [0.25, 0.3) is 5.91 Å². The number of hydrogen-bond donors (Lipinski definition) is 0. The van der Waals surface area contributed by atoms with Gasteiger partial charge >= 0.3 is 0 Å². The van der Waals surface area contributed by atoms with Crippen LogP contribution in [-0.2, 0) is 9.53 Å². The number of Topliss-reactive ketones (excluding diaryl/α,β-unsaturated/α-hetero) is 1. The number of rotatable bonds is 1. The Balaban J connectivity index is 1.67. The van der Waals surface area contributed by atoms with Crippen LogP contribution < -0.4 is 0 Å². The number of nitriles is 1. The van der Waals surface area contributed by atoms with Crippen LogP contribution in [-0.4, -0.2) is 47.0 Å². The van der Waals surface area contributed by atoms with Gasteiger partial charge in [0.2, 0.25) is 0 Å². The van der Waals surface area contributed by atoms with Gasteiger partial charge in [0.15, 0.2) is 17.1 Å². The molecule has 138 valence electrons. The zero-order valence-corrected chi connectivity index (χ0v) is 15.2. The first-order chi connectivity index (χ1) is 12.9. The van der Waals surface area contributed by atoms with Gasteiger partial charge in [-0.2, -0.15) is 5.26 Å². The zero-order valence-electron chi connectivity index (χ0n) is 15.2. The summed E-state index contributed by atoms with van der Waals surface area (Å²) in [6.07, 6.45) is 1.99. The van der Waals surface area contributed by atoms with Gasteiger partial charge in [-0.25, -0.2) is 0 Å². The SMILES string of the molecule is CC1(C)CC2(C=C(C#N)C1=O)CN(C(=O)c1noc3ccccc13)CCO2. The summed E-state index contributed by atoms with van der Waals surface area (Å²) in [7, 11) is 0. The van der Waals surface area contributed by atoms with Crippen molar-refractivity contribution in [1.29, 1.82) is 5.26 Å². The molecule has 1 aliphatic heterocycles. The minimum atomic E-state index is -0.851. The van der Waals surface area contributed by atoms with Crippen LogP contribution in [0.25, 0.3) is 11.0 Å². The molecule has 1 unspecified atom stereocenters. The number of aromatic nitrogens is 1. The average Bonchev–Trinajstić information content (AvgIpc) is 3.08. The summed E-state index contributed by atoms with van der Waals surface area (Å²) in [6, 6.07) is 9.18. The zero-order chi connectivity index (χ0) is 19.2. The molecular formula is C20H19N3O4. The van der Waals surface area contributed by atoms with E-state index in [4.69, 9.17) is 9.26 Å². The molecule has 1 fully saturated rings. The van der Waals surface area contributed by atoms with Gasteiger partial charge in [-0.05, 0) is 24.6 Å². The van der Waals surface area contributed by atoms with Crippen LogP contribution in [0.5, 0.6) is 0 Å². The number of amides is 1. The van der Waals surface area contributed by atoms with Gasteiger partial charge < -0.3 is 14.2 Å². The standard InChI is InChI=1S/C20H19N3O4/c1-19(2)11-20(9-13(10-21)17(19)24)12-23(7-8-26-20)18(25)16-14-5-3-4-6-15(14)27-22-16/h3-6,9H,7-8,11-12H2,1-2H3. The van der Waals surface area contributed by atoms with Gasteiger partial charge in [0.05, 0.1) is 24.1 Å². The topological polar surface area (TPSA) is 96.4 Å². The summed E-state index contributed by atoms with van der Waals surface area (Å²) in [4.78, 5) is 27.1. The van der Waals surface area contributed by atoms with E-state index >= 15 is 0 Å². The largest absolute Gasteiger partial charge is 0.367 e. The van der Waals surface area contributed by atoms with Crippen molar-refractivity contribution in [2.24, 2.45) is 5.41 Å². The average molecular weight is 365 g/mol. The van der Waals surface area contributed by atoms with Crippen LogP contribution in [0.3, 0.4) is 0 Å². The highest BCUT2D eigenvalue weighted by Gasteiger charge is 2.48. The molecule has 0 bridgehead atoms. The van der Waals surface area contributed by atoms with Crippen LogP contribution >= 0.6 is 0 Å². The number of morpholine rings is 1. The fourth-order valence-corrected chi connectivity index (χ4v) is 4.02. The number of nitrogens with zero attached hydrogens (tertiary/aromatic N) is 3. The first-order valence-electron chi connectivity index (χ1n) is 8.81. The number of carbonyl (C=O) groups is 2. The monoisotopic (exact) mass is 365 g/mol. The highest BCUT2D eigenvalue weighted by molar-refractivity contribution is 6.05. The van der Waals surface area contributed by atoms with Crippen molar-refractivity contribution in [2.75, 3.05) is 19.7 Å². The van der Waals surface area contributed by atoms with Crippen molar-refractivity contribution in [1.82, 2.24) is 10.1 Å². The van der Waals surface area contributed by atoms with Gasteiger partial charge in [0, 0.05) is 12.0 Å². The summed E-state index contributed by atoms with van der Waals surface area (Å²) in [5.74, 6) is -0.436. The van der Waals surface area contributed by atoms with Gasteiger partial charge in [0.1, 0.15) is 11.7 Å². The first-order valence-corrected chi connectivity index (χ1v) is 8.81. The molecule has 4 rings (SSSR count). The lowest BCUT2D eigenvalue weighted by Crippen LogP contribution is -2.57. The quantitative estimate of drug-likeness (QED) is 0.770. The Kier molecular flexibility index (Phi) is 3.89. The van der Waals surface area contributed by atoms with Crippen molar-refractivity contribution >= 4 is 22.7 Å². The number of ketones is 1.